The van der Waals surface area contributed by atoms with Crippen molar-refractivity contribution >= 4 is 28.2 Å². The van der Waals surface area contributed by atoms with Crippen LogP contribution in [0.5, 0.6) is 6.01 Å². The van der Waals surface area contributed by atoms with E-state index in [1.165, 1.54) is 12.1 Å². The maximum atomic E-state index is 15.0. The van der Waals surface area contributed by atoms with Crippen LogP contribution in [0.1, 0.15) is 24.1 Å². The van der Waals surface area contributed by atoms with Gasteiger partial charge in [-0.25, -0.2) is 11.0 Å². The van der Waals surface area contributed by atoms with E-state index in [-0.39, 0.29) is 30.3 Å². The quantitative estimate of drug-likeness (QED) is 0.224. The third-order valence-corrected chi connectivity index (χ3v) is 7.93. The molecule has 2 fully saturated rings. The summed E-state index contributed by atoms with van der Waals surface area (Å²) in [6.07, 6.45) is 4.49. The van der Waals surface area contributed by atoms with Crippen molar-refractivity contribution in [2.24, 2.45) is 0 Å². The van der Waals surface area contributed by atoms with Gasteiger partial charge >= 0.3 is 6.01 Å². The van der Waals surface area contributed by atoms with E-state index in [1.54, 1.807) is 11.0 Å². The van der Waals surface area contributed by atoms with Gasteiger partial charge in [0.2, 0.25) is 12.5 Å². The lowest BCUT2D eigenvalue weighted by Crippen LogP contribution is -2.56. The summed E-state index contributed by atoms with van der Waals surface area (Å²) in [6.45, 7) is 14.8. The van der Waals surface area contributed by atoms with Gasteiger partial charge in [0, 0.05) is 42.8 Å². The highest BCUT2D eigenvalue weighted by atomic mass is 19.1. The number of anilines is 2. The van der Waals surface area contributed by atoms with Crippen molar-refractivity contribution in [3.63, 3.8) is 0 Å². The molecule has 212 valence electrons. The van der Waals surface area contributed by atoms with E-state index in [4.69, 9.17) is 26.0 Å². The molecule has 1 aliphatic carbocycles. The third kappa shape index (κ3) is 5.68. The van der Waals surface area contributed by atoms with Crippen LogP contribution in [0.2, 0.25) is 0 Å². The summed E-state index contributed by atoms with van der Waals surface area (Å²) in [5.41, 5.74) is 2.69. The first-order valence-corrected chi connectivity index (χ1v) is 14.1. The van der Waals surface area contributed by atoms with Crippen molar-refractivity contribution in [3.05, 3.63) is 77.5 Å². The van der Waals surface area contributed by atoms with Crippen LogP contribution in [-0.2, 0) is 22.5 Å². The van der Waals surface area contributed by atoms with Gasteiger partial charge in [0.25, 0.3) is 0 Å². The minimum absolute atomic E-state index is 0.166. The lowest BCUT2D eigenvalue weighted by molar-refractivity contribution is -0.128. The van der Waals surface area contributed by atoms with E-state index < -0.39 is 0 Å². The lowest BCUT2D eigenvalue weighted by Gasteiger charge is -2.41. The Kier molecular flexibility index (Phi) is 7.70. The maximum absolute atomic E-state index is 15.0. The second-order valence-electron chi connectivity index (χ2n) is 10.6. The number of hydrogen-bond donors (Lipinski definition) is 0. The number of carbonyl (C=O) groups is 1. The predicted molar refractivity (Wildman–Crippen MR) is 155 cm³/mol. The number of benzene rings is 2. The number of ether oxygens (including phenoxy) is 2. The summed E-state index contributed by atoms with van der Waals surface area (Å²) >= 11 is 0. The minimum atomic E-state index is -0.271. The average Bonchev–Trinajstić information content (AvgIpc) is 3.83. The largest absolute Gasteiger partial charge is 0.461 e. The van der Waals surface area contributed by atoms with Crippen LogP contribution in [-0.4, -0.2) is 78.9 Å². The van der Waals surface area contributed by atoms with Gasteiger partial charge < -0.3 is 29.0 Å². The first kappa shape index (κ1) is 27.0. The molecule has 1 aromatic heterocycles. The standard InChI is InChI=1S/C31H33FN6O3/c1-3-28(39)38-15-14-37(19-22(38)18-33-2)30-24-12-13-36(27-9-5-7-21-6-4-8-25(32)29(21)27)20-26(24)34-31(35-30)41-17-16-40-23-10-11-23/h3-9,22-23H,1,10-20H2/t22-/m0/s1. The highest BCUT2D eigenvalue weighted by Crippen LogP contribution is 2.35. The number of piperazine rings is 1. The fraction of sp³-hybridized carbons (Fsp3) is 0.419. The normalized spacial score (nSPS) is 18.6. The average molecular weight is 557 g/mol. The van der Waals surface area contributed by atoms with Gasteiger partial charge in [-0.1, -0.05) is 30.8 Å². The van der Waals surface area contributed by atoms with E-state index in [2.05, 4.69) is 21.2 Å². The third-order valence-electron chi connectivity index (χ3n) is 7.93. The second-order valence-corrected chi connectivity index (χ2v) is 10.6. The SMILES string of the molecule is [C-]#[N+]C[C@H]1CN(c2nc(OCCOC3CC3)nc3c2CCN(c2cccc4cccc(F)c24)C3)CCN1C(=O)C=C. The Bertz CT molecular complexity index is 1500. The zero-order chi connectivity index (χ0) is 28.3. The minimum Gasteiger partial charge on any atom is -0.461 e. The maximum Gasteiger partial charge on any atom is 0.318 e. The van der Waals surface area contributed by atoms with Crippen LogP contribution in [0.15, 0.2) is 49.1 Å². The smallest absolute Gasteiger partial charge is 0.318 e. The van der Waals surface area contributed by atoms with Gasteiger partial charge in [-0.2, -0.15) is 9.97 Å². The number of hydrogen-bond acceptors (Lipinski definition) is 7. The number of carbonyl (C=O) groups excluding carboxylic acids is 1. The summed E-state index contributed by atoms with van der Waals surface area (Å²) in [7, 11) is 0. The van der Waals surface area contributed by atoms with E-state index >= 15 is 0 Å². The predicted octanol–water partition coefficient (Wildman–Crippen LogP) is 4.01. The van der Waals surface area contributed by atoms with E-state index in [1.807, 2.05) is 24.3 Å². The number of nitrogens with zero attached hydrogens (tertiary/aromatic N) is 6. The molecule has 0 N–H and O–H groups in total. The summed E-state index contributed by atoms with van der Waals surface area (Å²) in [5.74, 6) is 0.364. The second kappa shape index (κ2) is 11.7. The van der Waals surface area contributed by atoms with Crippen molar-refractivity contribution in [2.75, 3.05) is 55.7 Å². The molecular formula is C31H33FN6O3. The fourth-order valence-corrected chi connectivity index (χ4v) is 5.76. The molecule has 9 nitrogen and oxygen atoms in total. The summed E-state index contributed by atoms with van der Waals surface area (Å²) in [6, 6.07) is 11.0. The molecule has 2 aromatic carbocycles. The Morgan fingerprint density at radius 1 is 1.12 bits per heavy atom. The molecule has 1 amide bonds. The van der Waals surface area contributed by atoms with E-state index in [0.29, 0.717) is 63.8 Å². The van der Waals surface area contributed by atoms with Gasteiger partial charge in [0.1, 0.15) is 24.3 Å². The first-order valence-electron chi connectivity index (χ1n) is 14.1. The van der Waals surface area contributed by atoms with E-state index in [0.717, 1.165) is 41.0 Å². The molecule has 10 heteroatoms. The van der Waals surface area contributed by atoms with Crippen molar-refractivity contribution in [1.29, 1.82) is 0 Å². The number of amides is 1. The van der Waals surface area contributed by atoms with Crippen LogP contribution < -0.4 is 14.5 Å². The van der Waals surface area contributed by atoms with Crippen LogP contribution in [0.4, 0.5) is 15.9 Å². The van der Waals surface area contributed by atoms with Gasteiger partial charge in [0.15, 0.2) is 0 Å². The molecule has 1 saturated heterocycles. The molecule has 0 radical (unpaired) electrons. The zero-order valence-corrected chi connectivity index (χ0v) is 23.0. The Morgan fingerprint density at radius 3 is 2.73 bits per heavy atom. The van der Waals surface area contributed by atoms with Crippen molar-refractivity contribution < 1.29 is 18.7 Å². The van der Waals surface area contributed by atoms with Crippen LogP contribution in [0, 0.1) is 12.4 Å². The molecule has 41 heavy (non-hydrogen) atoms. The summed E-state index contributed by atoms with van der Waals surface area (Å²) in [5, 5.41) is 1.46. The molecule has 3 aromatic rings. The summed E-state index contributed by atoms with van der Waals surface area (Å²) < 4.78 is 26.7. The molecular weight excluding hydrogens is 523 g/mol. The fourth-order valence-electron chi connectivity index (χ4n) is 5.76. The van der Waals surface area contributed by atoms with Crippen LogP contribution >= 0.6 is 0 Å². The number of aromatic nitrogens is 2. The van der Waals surface area contributed by atoms with Gasteiger partial charge in [-0.15, -0.1) is 0 Å². The van der Waals surface area contributed by atoms with Gasteiger partial charge in [-0.3, -0.25) is 4.79 Å². The number of rotatable bonds is 9. The summed E-state index contributed by atoms with van der Waals surface area (Å²) in [4.78, 5) is 31.7. The Hall–Kier alpha value is -4.23. The molecule has 3 heterocycles. The van der Waals surface area contributed by atoms with Crippen LogP contribution in [0.3, 0.4) is 0 Å². The zero-order valence-electron chi connectivity index (χ0n) is 23.0. The highest BCUT2D eigenvalue weighted by molar-refractivity contribution is 5.95. The Labute approximate surface area is 239 Å². The number of fused-ring (bicyclic) bond motifs is 2. The van der Waals surface area contributed by atoms with Crippen molar-refractivity contribution in [3.8, 4) is 6.01 Å². The van der Waals surface area contributed by atoms with Crippen LogP contribution in [0.25, 0.3) is 15.6 Å². The molecule has 0 spiro atoms. The Balaban J connectivity index is 1.31. The number of halogens is 1. The monoisotopic (exact) mass is 556 g/mol. The molecule has 0 unspecified atom stereocenters. The molecule has 0 bridgehead atoms. The van der Waals surface area contributed by atoms with E-state index in [9.17, 15) is 9.18 Å². The van der Waals surface area contributed by atoms with Gasteiger partial charge in [-0.05, 0) is 42.9 Å². The molecule has 1 atom stereocenters. The molecule has 2 aliphatic heterocycles. The van der Waals surface area contributed by atoms with Gasteiger partial charge in [0.05, 0.1) is 24.9 Å². The highest BCUT2D eigenvalue weighted by Gasteiger charge is 2.35. The molecule has 3 aliphatic rings. The lowest BCUT2D eigenvalue weighted by atomic mass is 10.0. The molecule has 1 saturated carbocycles. The van der Waals surface area contributed by atoms with Crippen molar-refractivity contribution in [2.45, 2.75) is 38.0 Å². The Morgan fingerprint density at radius 2 is 1.95 bits per heavy atom. The topological polar surface area (TPSA) is 75.4 Å². The first-order chi connectivity index (χ1) is 20.1. The molecule has 6 rings (SSSR count). The van der Waals surface area contributed by atoms with Crippen molar-refractivity contribution in [1.82, 2.24) is 14.9 Å².